The third-order valence-corrected chi connectivity index (χ3v) is 6.30. The van der Waals surface area contributed by atoms with Gasteiger partial charge >= 0.3 is 0 Å². The molecule has 2 aromatic carbocycles. The molecule has 0 amide bonds. The van der Waals surface area contributed by atoms with E-state index in [2.05, 4.69) is 69.1 Å². The van der Waals surface area contributed by atoms with Crippen LogP contribution in [-0.4, -0.2) is 50.8 Å². The smallest absolute Gasteiger partial charge is 0.191 e. The second kappa shape index (κ2) is 12.4. The average Bonchev–Trinajstić information content (AvgIpc) is 2.81. The van der Waals surface area contributed by atoms with E-state index >= 15 is 0 Å². The lowest BCUT2D eigenvalue weighted by atomic mass is 9.83. The minimum atomic E-state index is 0. The Hall–Kier alpha value is -1.64. The normalized spacial score (nSPS) is 19.3. The van der Waals surface area contributed by atoms with Crippen LogP contribution in [-0.2, 0) is 24.2 Å². The molecule has 168 valence electrons. The van der Waals surface area contributed by atoms with E-state index in [1.54, 1.807) is 0 Å². The molecular formula is C25H35IN4O. The molecular weight excluding hydrogens is 499 g/mol. The summed E-state index contributed by atoms with van der Waals surface area (Å²) in [6.45, 7) is 6.36. The first-order valence-corrected chi connectivity index (χ1v) is 11.2. The van der Waals surface area contributed by atoms with Crippen molar-refractivity contribution in [3.63, 3.8) is 0 Å². The highest BCUT2D eigenvalue weighted by molar-refractivity contribution is 14.0. The van der Waals surface area contributed by atoms with Crippen molar-refractivity contribution in [3.05, 3.63) is 70.8 Å². The number of halogens is 1. The third kappa shape index (κ3) is 6.67. The number of aliphatic imine (C=N–C) groups is 1. The molecule has 1 unspecified atom stereocenters. The van der Waals surface area contributed by atoms with Gasteiger partial charge in [0.25, 0.3) is 0 Å². The fourth-order valence-electron chi connectivity index (χ4n) is 4.57. The van der Waals surface area contributed by atoms with E-state index in [0.717, 1.165) is 51.9 Å². The summed E-state index contributed by atoms with van der Waals surface area (Å²) < 4.78 is 5.48. The number of guanidine groups is 1. The molecule has 1 heterocycles. The fourth-order valence-corrected chi connectivity index (χ4v) is 4.57. The van der Waals surface area contributed by atoms with Gasteiger partial charge in [0.2, 0.25) is 0 Å². The molecule has 1 aliphatic heterocycles. The van der Waals surface area contributed by atoms with Crippen molar-refractivity contribution >= 4 is 29.9 Å². The Kier molecular flexibility index (Phi) is 9.61. The summed E-state index contributed by atoms with van der Waals surface area (Å²) in [7, 11) is 1.85. The molecule has 2 aliphatic rings. The van der Waals surface area contributed by atoms with Gasteiger partial charge < -0.3 is 15.4 Å². The molecule has 1 atom stereocenters. The molecule has 2 N–H and O–H groups in total. The van der Waals surface area contributed by atoms with Crippen LogP contribution in [0.4, 0.5) is 0 Å². The van der Waals surface area contributed by atoms with Crippen LogP contribution in [0.1, 0.15) is 41.0 Å². The van der Waals surface area contributed by atoms with Crippen LogP contribution in [0, 0.1) is 0 Å². The zero-order valence-corrected chi connectivity index (χ0v) is 20.8. The number of aryl methyl sites for hydroxylation is 1. The Morgan fingerprint density at radius 2 is 1.77 bits per heavy atom. The van der Waals surface area contributed by atoms with Crippen molar-refractivity contribution in [2.45, 2.75) is 38.3 Å². The lowest BCUT2D eigenvalue weighted by Crippen LogP contribution is -2.40. The summed E-state index contributed by atoms with van der Waals surface area (Å²) in [4.78, 5) is 6.92. The monoisotopic (exact) mass is 534 g/mol. The maximum Gasteiger partial charge on any atom is 0.191 e. The summed E-state index contributed by atoms with van der Waals surface area (Å²) >= 11 is 0. The van der Waals surface area contributed by atoms with Gasteiger partial charge in [0.05, 0.1) is 13.2 Å². The van der Waals surface area contributed by atoms with Gasteiger partial charge in [-0.3, -0.25) is 9.89 Å². The van der Waals surface area contributed by atoms with E-state index in [1.807, 2.05) is 7.05 Å². The lowest BCUT2D eigenvalue weighted by molar-refractivity contribution is 0.0341. The van der Waals surface area contributed by atoms with Gasteiger partial charge in [0, 0.05) is 45.7 Å². The molecule has 6 heteroatoms. The SMILES string of the molecule is CN=C(NCc1ccccc1CN1CCOCC1)NCC1CCCc2ccccc21.I. The zero-order chi connectivity index (χ0) is 20.6. The number of rotatable bonds is 6. The molecule has 2 aromatic rings. The zero-order valence-electron chi connectivity index (χ0n) is 18.5. The predicted octanol–water partition coefficient (Wildman–Crippen LogP) is 3.92. The Morgan fingerprint density at radius 3 is 2.58 bits per heavy atom. The van der Waals surface area contributed by atoms with Crippen LogP contribution < -0.4 is 10.6 Å². The highest BCUT2D eigenvalue weighted by Crippen LogP contribution is 2.30. The summed E-state index contributed by atoms with van der Waals surface area (Å²) in [5.41, 5.74) is 5.72. The molecule has 1 aliphatic carbocycles. The number of morpholine rings is 1. The quantitative estimate of drug-likeness (QED) is 0.335. The van der Waals surface area contributed by atoms with Gasteiger partial charge in [-0.05, 0) is 41.5 Å². The Bertz CT molecular complexity index is 851. The van der Waals surface area contributed by atoms with E-state index in [0.29, 0.717) is 5.92 Å². The van der Waals surface area contributed by atoms with Crippen LogP contribution in [0.25, 0.3) is 0 Å². The van der Waals surface area contributed by atoms with Gasteiger partial charge in [-0.15, -0.1) is 24.0 Å². The maximum atomic E-state index is 5.48. The van der Waals surface area contributed by atoms with E-state index in [4.69, 9.17) is 4.74 Å². The summed E-state index contributed by atoms with van der Waals surface area (Å²) in [5, 5.41) is 7.09. The predicted molar refractivity (Wildman–Crippen MR) is 138 cm³/mol. The van der Waals surface area contributed by atoms with Crippen molar-refractivity contribution in [3.8, 4) is 0 Å². The number of ether oxygens (including phenoxy) is 1. The van der Waals surface area contributed by atoms with Crippen LogP contribution in [0.5, 0.6) is 0 Å². The molecule has 1 saturated heterocycles. The molecule has 0 bridgehead atoms. The minimum absolute atomic E-state index is 0. The molecule has 5 nitrogen and oxygen atoms in total. The van der Waals surface area contributed by atoms with Crippen LogP contribution in [0.15, 0.2) is 53.5 Å². The summed E-state index contributed by atoms with van der Waals surface area (Å²) in [6.07, 6.45) is 3.72. The topological polar surface area (TPSA) is 48.9 Å². The molecule has 0 radical (unpaired) electrons. The number of fused-ring (bicyclic) bond motifs is 1. The second-order valence-electron chi connectivity index (χ2n) is 8.25. The Balaban J connectivity index is 0.00000272. The molecule has 0 aromatic heterocycles. The largest absolute Gasteiger partial charge is 0.379 e. The first-order chi connectivity index (χ1) is 14.8. The Labute approximate surface area is 203 Å². The summed E-state index contributed by atoms with van der Waals surface area (Å²) in [6, 6.07) is 17.6. The second-order valence-corrected chi connectivity index (χ2v) is 8.25. The number of nitrogens with zero attached hydrogens (tertiary/aromatic N) is 2. The van der Waals surface area contributed by atoms with Crippen molar-refractivity contribution in [2.75, 3.05) is 39.9 Å². The average molecular weight is 534 g/mol. The summed E-state index contributed by atoms with van der Waals surface area (Å²) in [5.74, 6) is 1.43. The van der Waals surface area contributed by atoms with Crippen LogP contribution in [0.3, 0.4) is 0 Å². The van der Waals surface area contributed by atoms with Crippen molar-refractivity contribution in [1.29, 1.82) is 0 Å². The van der Waals surface area contributed by atoms with Gasteiger partial charge in [0.15, 0.2) is 5.96 Å². The van der Waals surface area contributed by atoms with E-state index in [-0.39, 0.29) is 24.0 Å². The number of hydrogen-bond acceptors (Lipinski definition) is 3. The maximum absolute atomic E-state index is 5.48. The van der Waals surface area contributed by atoms with Gasteiger partial charge in [-0.1, -0.05) is 48.5 Å². The van der Waals surface area contributed by atoms with Crippen molar-refractivity contribution < 1.29 is 4.74 Å². The lowest BCUT2D eigenvalue weighted by Gasteiger charge is -2.28. The van der Waals surface area contributed by atoms with E-state index < -0.39 is 0 Å². The molecule has 0 spiro atoms. The van der Waals surface area contributed by atoms with Crippen molar-refractivity contribution in [1.82, 2.24) is 15.5 Å². The third-order valence-electron chi connectivity index (χ3n) is 6.30. The van der Waals surface area contributed by atoms with E-state index in [9.17, 15) is 0 Å². The molecule has 1 fully saturated rings. The first kappa shape index (κ1) is 24.0. The minimum Gasteiger partial charge on any atom is -0.379 e. The van der Waals surface area contributed by atoms with E-state index in [1.165, 1.54) is 41.5 Å². The van der Waals surface area contributed by atoms with Crippen molar-refractivity contribution in [2.24, 2.45) is 4.99 Å². The fraction of sp³-hybridized carbons (Fsp3) is 0.480. The Morgan fingerprint density at radius 1 is 1.03 bits per heavy atom. The number of benzene rings is 2. The molecule has 0 saturated carbocycles. The number of hydrogen-bond donors (Lipinski definition) is 2. The van der Waals surface area contributed by atoms with Crippen LogP contribution in [0.2, 0.25) is 0 Å². The highest BCUT2D eigenvalue weighted by atomic mass is 127. The van der Waals surface area contributed by atoms with Crippen LogP contribution >= 0.6 is 24.0 Å². The van der Waals surface area contributed by atoms with Gasteiger partial charge in [-0.2, -0.15) is 0 Å². The number of nitrogens with one attached hydrogen (secondary N) is 2. The first-order valence-electron chi connectivity index (χ1n) is 11.2. The standard InChI is InChI=1S/C25H34N4O.HI/c1-26-25(28-18-22-11-6-10-20-7-4-5-12-24(20)22)27-17-21-8-2-3-9-23(21)19-29-13-15-30-16-14-29;/h2-5,7-9,12,22H,6,10-11,13-19H2,1H3,(H2,26,27,28);1H. The van der Waals surface area contributed by atoms with Gasteiger partial charge in [0.1, 0.15) is 0 Å². The van der Waals surface area contributed by atoms with Gasteiger partial charge in [-0.25, -0.2) is 0 Å². The molecule has 31 heavy (non-hydrogen) atoms. The highest BCUT2D eigenvalue weighted by Gasteiger charge is 2.20. The molecule has 4 rings (SSSR count).